The number of hydrogen-bond donors (Lipinski definition) is 2. The number of hydrogen-bond acceptors (Lipinski definition) is 2. The minimum absolute atomic E-state index is 0. The van der Waals surface area contributed by atoms with Gasteiger partial charge in [-0.15, -0.1) is 12.4 Å². The smallest absolute Gasteiger partial charge is 0.347 e. The summed E-state index contributed by atoms with van der Waals surface area (Å²) in [5.74, 6) is -2.19. The van der Waals surface area contributed by atoms with Crippen molar-refractivity contribution >= 4 is 18.3 Å². The molecule has 0 spiro atoms. The monoisotopic (exact) mass is 354 g/mol. The minimum atomic E-state index is -4.83. The van der Waals surface area contributed by atoms with Crippen LogP contribution in [0.25, 0.3) is 0 Å². The molecule has 1 fully saturated rings. The van der Waals surface area contributed by atoms with Gasteiger partial charge in [0.2, 0.25) is 0 Å². The second-order valence-electron chi connectivity index (χ2n) is 5.67. The van der Waals surface area contributed by atoms with Crippen molar-refractivity contribution in [3.05, 3.63) is 35.1 Å². The highest BCUT2D eigenvalue weighted by Crippen LogP contribution is 2.32. The van der Waals surface area contributed by atoms with Crippen LogP contribution in [0.2, 0.25) is 0 Å². The number of nitrogens with one attached hydrogen (secondary N) is 2. The zero-order chi connectivity index (χ0) is 16.5. The predicted molar refractivity (Wildman–Crippen MR) is 81.1 cm³/mol. The number of rotatable bonds is 2. The van der Waals surface area contributed by atoms with E-state index >= 15 is 0 Å². The second kappa shape index (κ2) is 7.49. The molecule has 1 aliphatic rings. The largest absolute Gasteiger partial charge is 0.419 e. The van der Waals surface area contributed by atoms with Gasteiger partial charge in [0.15, 0.2) is 0 Å². The van der Waals surface area contributed by atoms with Crippen LogP contribution in [0, 0.1) is 11.7 Å². The minimum Gasteiger partial charge on any atom is -0.347 e. The zero-order valence-electron chi connectivity index (χ0n) is 12.7. The summed E-state index contributed by atoms with van der Waals surface area (Å²) in [6.45, 7) is 4.64. The molecule has 2 N–H and O–H groups in total. The summed E-state index contributed by atoms with van der Waals surface area (Å²) in [4.78, 5) is 12.2. The first-order valence-corrected chi connectivity index (χ1v) is 7.11. The lowest BCUT2D eigenvalue weighted by Crippen LogP contribution is -2.56. The fraction of sp³-hybridized carbons (Fsp3) is 0.533. The molecule has 1 aromatic carbocycles. The average Bonchev–Trinajstić information content (AvgIpc) is 2.41. The van der Waals surface area contributed by atoms with Crippen LogP contribution in [0.15, 0.2) is 18.2 Å². The van der Waals surface area contributed by atoms with E-state index in [1.165, 1.54) is 0 Å². The maximum Gasteiger partial charge on any atom is 0.419 e. The first-order valence-electron chi connectivity index (χ1n) is 7.11. The molecule has 130 valence electrons. The van der Waals surface area contributed by atoms with Gasteiger partial charge < -0.3 is 10.6 Å². The first kappa shape index (κ1) is 19.7. The number of benzene rings is 1. The Balaban J connectivity index is 0.00000264. The third kappa shape index (κ3) is 4.35. The van der Waals surface area contributed by atoms with E-state index in [2.05, 4.69) is 10.6 Å². The van der Waals surface area contributed by atoms with Crippen LogP contribution in [-0.4, -0.2) is 24.5 Å². The van der Waals surface area contributed by atoms with Crippen molar-refractivity contribution in [2.75, 3.05) is 6.54 Å². The Morgan fingerprint density at radius 1 is 1.30 bits per heavy atom. The summed E-state index contributed by atoms with van der Waals surface area (Å²) in [5.41, 5.74) is -2.01. The van der Waals surface area contributed by atoms with E-state index < -0.39 is 29.0 Å². The first-order chi connectivity index (χ1) is 10.2. The number of piperidine rings is 1. The Morgan fingerprint density at radius 2 is 1.96 bits per heavy atom. The van der Waals surface area contributed by atoms with Crippen molar-refractivity contribution in [1.82, 2.24) is 10.6 Å². The fourth-order valence-electron chi connectivity index (χ4n) is 2.76. The fourth-order valence-corrected chi connectivity index (χ4v) is 2.76. The van der Waals surface area contributed by atoms with Gasteiger partial charge in [-0.05, 0) is 37.9 Å². The molecule has 0 saturated carbocycles. The molecule has 0 radical (unpaired) electrons. The number of alkyl halides is 3. The van der Waals surface area contributed by atoms with E-state index in [1.54, 1.807) is 0 Å². The van der Waals surface area contributed by atoms with Crippen LogP contribution < -0.4 is 10.6 Å². The van der Waals surface area contributed by atoms with Crippen molar-refractivity contribution < 1.29 is 22.4 Å². The normalized spacial score (nSPS) is 24.7. The van der Waals surface area contributed by atoms with Crippen LogP contribution in [0.1, 0.15) is 36.2 Å². The zero-order valence-corrected chi connectivity index (χ0v) is 13.5. The van der Waals surface area contributed by atoms with Gasteiger partial charge in [0.1, 0.15) is 5.82 Å². The van der Waals surface area contributed by atoms with Crippen LogP contribution in [-0.2, 0) is 6.18 Å². The molecule has 0 bridgehead atoms. The summed E-state index contributed by atoms with van der Waals surface area (Å²) in [6.07, 6.45) is -3.99. The maximum absolute atomic E-state index is 14.0. The van der Waals surface area contributed by atoms with Crippen LogP contribution >= 0.6 is 12.4 Å². The molecule has 3 nitrogen and oxygen atoms in total. The van der Waals surface area contributed by atoms with Gasteiger partial charge >= 0.3 is 6.18 Å². The maximum atomic E-state index is 14.0. The summed E-state index contributed by atoms with van der Waals surface area (Å²) in [6, 6.07) is 2.44. The van der Waals surface area contributed by atoms with Gasteiger partial charge in [0, 0.05) is 12.1 Å². The van der Waals surface area contributed by atoms with Gasteiger partial charge in [0.25, 0.3) is 5.91 Å². The molecule has 3 unspecified atom stereocenters. The topological polar surface area (TPSA) is 41.1 Å². The van der Waals surface area contributed by atoms with Gasteiger partial charge in [-0.2, -0.15) is 13.2 Å². The van der Waals surface area contributed by atoms with Gasteiger partial charge in [0.05, 0.1) is 11.1 Å². The van der Waals surface area contributed by atoms with Crippen LogP contribution in [0.5, 0.6) is 0 Å². The third-order valence-electron chi connectivity index (χ3n) is 4.06. The Bertz CT molecular complexity index is 555. The lowest BCUT2D eigenvalue weighted by atomic mass is 9.89. The molecule has 1 amide bonds. The molecule has 0 aromatic heterocycles. The van der Waals surface area contributed by atoms with Crippen molar-refractivity contribution in [3.8, 4) is 0 Å². The molecule has 3 atom stereocenters. The number of amides is 1. The van der Waals surface area contributed by atoms with Crippen LogP contribution in [0.3, 0.4) is 0 Å². The highest BCUT2D eigenvalue weighted by atomic mass is 35.5. The third-order valence-corrected chi connectivity index (χ3v) is 4.06. The molecule has 1 aliphatic heterocycles. The molecule has 2 rings (SSSR count). The molecule has 0 aliphatic carbocycles. The van der Waals surface area contributed by atoms with Crippen molar-refractivity contribution in [1.29, 1.82) is 0 Å². The lowest BCUT2D eigenvalue weighted by molar-refractivity contribution is -0.140. The highest BCUT2D eigenvalue weighted by Gasteiger charge is 2.36. The Hall–Kier alpha value is -1.34. The van der Waals surface area contributed by atoms with Crippen molar-refractivity contribution in [2.24, 2.45) is 5.92 Å². The van der Waals surface area contributed by atoms with Crippen molar-refractivity contribution in [3.63, 3.8) is 0 Å². The molecule has 23 heavy (non-hydrogen) atoms. The molecule has 8 heteroatoms. The molecular formula is C15H19ClF4N2O. The summed E-state index contributed by atoms with van der Waals surface area (Å²) in [5, 5.41) is 5.83. The molecule has 1 saturated heterocycles. The van der Waals surface area contributed by atoms with E-state index in [-0.39, 0.29) is 30.4 Å². The Labute approximate surface area is 138 Å². The second-order valence-corrected chi connectivity index (χ2v) is 5.67. The quantitative estimate of drug-likeness (QED) is 0.799. The summed E-state index contributed by atoms with van der Waals surface area (Å²) >= 11 is 0. The van der Waals surface area contributed by atoms with Crippen LogP contribution in [0.4, 0.5) is 17.6 Å². The highest BCUT2D eigenvalue weighted by molar-refractivity contribution is 5.95. The molecule has 1 heterocycles. The number of halogens is 5. The number of carbonyl (C=O) groups excluding carboxylic acids is 1. The predicted octanol–water partition coefficient (Wildman–Crippen LogP) is 3.38. The SMILES string of the molecule is CC1CCNC(C)C1NC(=O)c1cccc(C(F)(F)F)c1F.Cl. The standard InChI is InChI=1S/C15H18F4N2O.ClH/c1-8-6-7-20-9(2)13(8)21-14(22)10-4-3-5-11(12(10)16)15(17,18)19;/h3-5,8-9,13,20H,6-7H2,1-2H3,(H,21,22);1H. The average molecular weight is 355 g/mol. The Morgan fingerprint density at radius 3 is 2.52 bits per heavy atom. The van der Waals surface area contributed by atoms with E-state index in [0.717, 1.165) is 25.1 Å². The van der Waals surface area contributed by atoms with Gasteiger partial charge in [-0.25, -0.2) is 4.39 Å². The van der Waals surface area contributed by atoms with E-state index in [4.69, 9.17) is 0 Å². The Kier molecular flexibility index (Phi) is 6.41. The molecule has 1 aromatic rings. The van der Waals surface area contributed by atoms with Gasteiger partial charge in [-0.3, -0.25) is 4.79 Å². The summed E-state index contributed by atoms with van der Waals surface area (Å²) in [7, 11) is 0. The van der Waals surface area contributed by atoms with Crippen molar-refractivity contribution in [2.45, 2.75) is 38.5 Å². The number of carbonyl (C=O) groups is 1. The van der Waals surface area contributed by atoms with Gasteiger partial charge in [-0.1, -0.05) is 13.0 Å². The van der Waals surface area contributed by atoms with E-state index in [0.29, 0.717) is 6.07 Å². The summed E-state index contributed by atoms with van der Waals surface area (Å²) < 4.78 is 52.1. The van der Waals surface area contributed by atoms with E-state index in [9.17, 15) is 22.4 Å². The molecular weight excluding hydrogens is 336 g/mol. The lowest BCUT2D eigenvalue weighted by Gasteiger charge is -2.36. The van der Waals surface area contributed by atoms with E-state index in [1.807, 2.05) is 13.8 Å².